The van der Waals surface area contributed by atoms with Gasteiger partial charge in [-0.1, -0.05) is 0 Å². The maximum absolute atomic E-state index is 13.2. The van der Waals surface area contributed by atoms with Crippen molar-refractivity contribution in [2.45, 2.75) is 12.8 Å². The second-order valence-corrected chi connectivity index (χ2v) is 9.72. The van der Waals surface area contributed by atoms with Gasteiger partial charge in [-0.25, -0.2) is 9.18 Å². The van der Waals surface area contributed by atoms with Gasteiger partial charge in [0.1, 0.15) is 22.7 Å². The molecule has 2 N–H and O–H groups in total. The number of hydrogen-bond donors (Lipinski definition) is 2. The molecule has 210 valence electrons. The van der Waals surface area contributed by atoms with Gasteiger partial charge < -0.3 is 29.7 Å². The Morgan fingerprint density at radius 2 is 1.46 bits per heavy atom. The zero-order valence-electron chi connectivity index (χ0n) is 22.6. The van der Waals surface area contributed by atoms with E-state index in [4.69, 9.17) is 14.2 Å². The minimum Gasteiger partial charge on any atom is -0.493 e. The maximum Gasteiger partial charge on any atom is 0.414 e. The van der Waals surface area contributed by atoms with Crippen molar-refractivity contribution >= 4 is 40.2 Å². The number of nitrogens with zero attached hydrogens (tertiary/aromatic N) is 2. The first kappa shape index (κ1) is 27.4. The maximum atomic E-state index is 13.2. The van der Waals surface area contributed by atoms with E-state index < -0.39 is 29.1 Å². The number of hydrogen-bond acceptors (Lipinski definition) is 7. The van der Waals surface area contributed by atoms with Gasteiger partial charge in [0.15, 0.2) is 11.5 Å². The summed E-state index contributed by atoms with van der Waals surface area (Å²) in [7, 11) is 4.62. The second kappa shape index (κ2) is 11.1. The van der Waals surface area contributed by atoms with E-state index in [9.17, 15) is 18.8 Å². The summed E-state index contributed by atoms with van der Waals surface area (Å²) in [6, 6.07) is 17.1. The molecule has 1 aliphatic rings. The van der Waals surface area contributed by atoms with Gasteiger partial charge in [0, 0.05) is 43.1 Å². The number of carbonyl (C=O) groups excluding carboxylic acids is 3. The Hall–Kier alpha value is -5.19. The number of aromatic nitrogens is 1. The van der Waals surface area contributed by atoms with E-state index in [0.717, 1.165) is 0 Å². The molecule has 0 bridgehead atoms. The highest BCUT2D eigenvalue weighted by molar-refractivity contribution is 6.16. The Morgan fingerprint density at radius 3 is 2.02 bits per heavy atom. The molecule has 41 heavy (non-hydrogen) atoms. The molecule has 0 unspecified atom stereocenters. The van der Waals surface area contributed by atoms with Crippen LogP contribution in [0.1, 0.15) is 12.8 Å². The van der Waals surface area contributed by atoms with Crippen molar-refractivity contribution in [3.8, 4) is 23.0 Å². The summed E-state index contributed by atoms with van der Waals surface area (Å²) in [5.74, 6) is 0.287. The van der Waals surface area contributed by atoms with Crippen LogP contribution in [0.15, 0.2) is 72.9 Å². The third-order valence-corrected chi connectivity index (χ3v) is 6.61. The molecule has 0 saturated heterocycles. The molecule has 1 aliphatic carbocycles. The Morgan fingerprint density at radius 1 is 0.854 bits per heavy atom. The van der Waals surface area contributed by atoms with E-state index in [2.05, 4.69) is 15.6 Å². The first-order valence-electron chi connectivity index (χ1n) is 12.7. The van der Waals surface area contributed by atoms with Crippen LogP contribution < -0.4 is 24.8 Å². The fourth-order valence-electron chi connectivity index (χ4n) is 4.09. The van der Waals surface area contributed by atoms with Crippen molar-refractivity contribution < 1.29 is 33.0 Å². The van der Waals surface area contributed by atoms with Gasteiger partial charge in [-0.3, -0.25) is 14.6 Å². The van der Waals surface area contributed by atoms with Crippen molar-refractivity contribution in [2.24, 2.45) is 5.41 Å². The number of amides is 3. The third-order valence-electron chi connectivity index (χ3n) is 6.61. The minimum atomic E-state index is -1.17. The predicted molar refractivity (Wildman–Crippen MR) is 150 cm³/mol. The number of rotatable bonds is 8. The average molecular weight is 559 g/mol. The molecule has 10 nitrogen and oxygen atoms in total. The van der Waals surface area contributed by atoms with Gasteiger partial charge in [-0.05, 0) is 73.5 Å². The van der Waals surface area contributed by atoms with E-state index in [1.165, 1.54) is 36.3 Å². The number of pyridine rings is 1. The lowest BCUT2D eigenvalue weighted by atomic mass is 10.0. The summed E-state index contributed by atoms with van der Waals surface area (Å²) < 4.78 is 30.1. The Kier molecular flexibility index (Phi) is 7.43. The summed E-state index contributed by atoms with van der Waals surface area (Å²) in [5, 5.41) is 6.12. The van der Waals surface area contributed by atoms with E-state index in [1.54, 1.807) is 62.8 Å². The number of nitrogens with one attached hydrogen (secondary N) is 2. The predicted octanol–water partition coefficient (Wildman–Crippen LogP) is 5.59. The van der Waals surface area contributed by atoms with Crippen molar-refractivity contribution in [2.75, 3.05) is 31.8 Å². The molecule has 1 aromatic heterocycles. The number of anilines is 2. The van der Waals surface area contributed by atoms with Crippen LogP contribution in [0.4, 0.5) is 20.6 Å². The van der Waals surface area contributed by atoms with Crippen molar-refractivity contribution in [1.29, 1.82) is 0 Å². The lowest BCUT2D eigenvalue weighted by Gasteiger charge is -2.16. The highest BCUT2D eigenvalue weighted by Crippen LogP contribution is 2.47. The summed E-state index contributed by atoms with van der Waals surface area (Å²) >= 11 is 0. The third kappa shape index (κ3) is 5.88. The summed E-state index contributed by atoms with van der Waals surface area (Å²) in [5.41, 5.74) is 0.279. The molecule has 0 aliphatic heterocycles. The summed E-state index contributed by atoms with van der Waals surface area (Å²) in [4.78, 5) is 43.5. The molecule has 1 saturated carbocycles. The molecule has 0 spiro atoms. The largest absolute Gasteiger partial charge is 0.493 e. The van der Waals surface area contributed by atoms with Gasteiger partial charge in [0.05, 0.1) is 12.6 Å². The molecule has 1 fully saturated rings. The zero-order chi connectivity index (χ0) is 29.1. The van der Waals surface area contributed by atoms with E-state index in [1.807, 2.05) is 0 Å². The molecule has 0 atom stereocenters. The number of ether oxygens (including phenoxy) is 3. The SMILES string of the molecule is COc1cc2c(Oc3ccc(NC(=O)C4(C(=O)Nc5ccc(F)cc5)CC4)cc3)ccnc2cc1OC(=O)N(C)C. The van der Waals surface area contributed by atoms with Crippen molar-refractivity contribution in [3.05, 3.63) is 78.7 Å². The van der Waals surface area contributed by atoms with Gasteiger partial charge in [0.25, 0.3) is 0 Å². The number of carbonyl (C=O) groups is 3. The van der Waals surface area contributed by atoms with Crippen LogP contribution >= 0.6 is 0 Å². The molecule has 5 rings (SSSR count). The lowest BCUT2D eigenvalue weighted by Crippen LogP contribution is -2.35. The number of halogens is 1. The van der Waals surface area contributed by atoms with Crippen LogP contribution in [0.2, 0.25) is 0 Å². The van der Waals surface area contributed by atoms with Gasteiger partial charge in [-0.15, -0.1) is 0 Å². The normalized spacial score (nSPS) is 13.2. The number of benzene rings is 3. The zero-order valence-corrected chi connectivity index (χ0v) is 22.6. The molecule has 4 aromatic rings. The van der Waals surface area contributed by atoms with Crippen LogP contribution in [-0.2, 0) is 9.59 Å². The van der Waals surface area contributed by atoms with Crippen LogP contribution in [0.5, 0.6) is 23.0 Å². The molecule has 3 aromatic carbocycles. The average Bonchev–Trinajstić information content (AvgIpc) is 3.77. The Labute approximate surface area is 235 Å². The number of fused-ring (bicyclic) bond motifs is 1. The van der Waals surface area contributed by atoms with E-state index in [0.29, 0.717) is 52.4 Å². The van der Waals surface area contributed by atoms with Crippen LogP contribution in [-0.4, -0.2) is 49.0 Å². The topological polar surface area (TPSA) is 119 Å². The van der Waals surface area contributed by atoms with E-state index in [-0.39, 0.29) is 5.75 Å². The molecular weight excluding hydrogens is 531 g/mol. The van der Waals surface area contributed by atoms with E-state index >= 15 is 0 Å². The molecule has 3 amide bonds. The van der Waals surface area contributed by atoms with Crippen LogP contribution in [0.25, 0.3) is 10.9 Å². The van der Waals surface area contributed by atoms with Crippen LogP contribution in [0.3, 0.4) is 0 Å². The Bertz CT molecular complexity index is 1620. The second-order valence-electron chi connectivity index (χ2n) is 9.72. The molecular formula is C30H27FN4O6. The number of methoxy groups -OCH3 is 1. The highest BCUT2D eigenvalue weighted by Gasteiger charge is 2.56. The first-order chi connectivity index (χ1) is 19.7. The van der Waals surface area contributed by atoms with Gasteiger partial charge in [-0.2, -0.15) is 0 Å². The fraction of sp³-hybridized carbons (Fsp3) is 0.200. The molecule has 0 radical (unpaired) electrons. The van der Waals surface area contributed by atoms with Gasteiger partial charge in [0.2, 0.25) is 11.8 Å². The lowest BCUT2D eigenvalue weighted by molar-refractivity contribution is -0.131. The van der Waals surface area contributed by atoms with Crippen LogP contribution in [0, 0.1) is 11.2 Å². The standard InChI is InChI=1S/C30H27FN4O6/c1-35(2)29(38)41-26-17-23-22(16-25(26)39-3)24(12-15-32-23)40-21-10-8-20(9-11-21)34-28(37)30(13-14-30)27(36)33-19-6-4-18(31)5-7-19/h4-12,15-17H,13-14H2,1-3H3,(H,33,36)(H,34,37). The quantitative estimate of drug-likeness (QED) is 0.271. The Balaban J connectivity index is 1.27. The van der Waals surface area contributed by atoms with Crippen molar-refractivity contribution in [3.63, 3.8) is 0 Å². The molecule has 11 heteroatoms. The van der Waals surface area contributed by atoms with Crippen molar-refractivity contribution in [1.82, 2.24) is 9.88 Å². The highest BCUT2D eigenvalue weighted by atomic mass is 19.1. The molecule has 1 heterocycles. The monoisotopic (exact) mass is 558 g/mol. The minimum absolute atomic E-state index is 0.225. The summed E-state index contributed by atoms with van der Waals surface area (Å²) in [6.45, 7) is 0. The summed E-state index contributed by atoms with van der Waals surface area (Å²) in [6.07, 6.45) is 1.86. The fourth-order valence-corrected chi connectivity index (χ4v) is 4.09. The first-order valence-corrected chi connectivity index (χ1v) is 12.7. The smallest absolute Gasteiger partial charge is 0.414 e. The van der Waals surface area contributed by atoms with Gasteiger partial charge >= 0.3 is 6.09 Å².